The van der Waals surface area contributed by atoms with Crippen LogP contribution in [-0.2, 0) is 14.9 Å². The molecule has 4 aromatic rings. The maximum absolute atomic E-state index is 14.6. The number of benzene rings is 4. The van der Waals surface area contributed by atoms with Gasteiger partial charge in [-0.3, -0.25) is 4.79 Å². The molecule has 4 heteroatoms. The van der Waals surface area contributed by atoms with Crippen LogP contribution in [0.2, 0.25) is 0 Å². The number of carbonyl (C=O) groups is 1. The zero-order chi connectivity index (χ0) is 24.1. The van der Waals surface area contributed by atoms with E-state index >= 15 is 0 Å². The summed E-state index contributed by atoms with van der Waals surface area (Å²) in [5.41, 5.74) is 2.04. The zero-order valence-corrected chi connectivity index (χ0v) is 20.2. The van der Waals surface area contributed by atoms with Crippen LogP contribution >= 0.6 is 0 Å². The molecule has 0 radical (unpaired) electrons. The number of rotatable bonds is 7. The first kappa shape index (κ1) is 23.3. The first-order valence-electron chi connectivity index (χ1n) is 12.5. The molecule has 4 aromatic carbocycles. The minimum atomic E-state index is -0.842. The second-order valence-corrected chi connectivity index (χ2v) is 9.49. The first-order valence-corrected chi connectivity index (χ1v) is 12.5. The third kappa shape index (κ3) is 4.60. The van der Waals surface area contributed by atoms with Gasteiger partial charge < -0.3 is 15.0 Å². The minimum Gasteiger partial charge on any atom is -0.370 e. The molecular weight excluding hydrogens is 432 g/mol. The Labute approximate surface area is 207 Å². The maximum Gasteiger partial charge on any atom is 0.240 e. The summed E-state index contributed by atoms with van der Waals surface area (Å²) in [6, 6.07) is 34.8. The van der Waals surface area contributed by atoms with E-state index in [1.54, 1.807) is 0 Å². The van der Waals surface area contributed by atoms with Gasteiger partial charge in [-0.15, -0.1) is 0 Å². The van der Waals surface area contributed by atoms with Crippen LogP contribution < -0.4 is 10.2 Å². The molecule has 1 saturated heterocycles. The highest BCUT2D eigenvalue weighted by molar-refractivity contribution is 6.07. The second kappa shape index (κ2) is 10.4. The normalized spacial score (nSPS) is 15.6. The third-order valence-corrected chi connectivity index (χ3v) is 7.39. The lowest BCUT2D eigenvalue weighted by atomic mass is 9.65. The van der Waals surface area contributed by atoms with Crippen molar-refractivity contribution in [3.63, 3.8) is 0 Å². The number of carbonyl (C=O) groups excluding carboxylic acids is 1. The molecule has 1 atom stereocenters. The molecule has 1 fully saturated rings. The number of morpholine rings is 1. The highest BCUT2D eigenvalue weighted by Gasteiger charge is 2.48. The second-order valence-electron chi connectivity index (χ2n) is 9.49. The summed E-state index contributed by atoms with van der Waals surface area (Å²) < 4.78 is 5.60. The summed E-state index contributed by atoms with van der Waals surface area (Å²) >= 11 is 0. The number of quaternary nitrogens is 1. The Morgan fingerprint density at radius 2 is 1.40 bits per heavy atom. The lowest BCUT2D eigenvalue weighted by molar-refractivity contribution is -0.911. The number of hydrogen-bond acceptors (Lipinski definition) is 2. The smallest absolute Gasteiger partial charge is 0.240 e. The molecule has 0 unspecified atom stereocenters. The summed E-state index contributed by atoms with van der Waals surface area (Å²) in [4.78, 5) is 16.1. The van der Waals surface area contributed by atoms with Gasteiger partial charge in [0, 0.05) is 17.0 Å². The van der Waals surface area contributed by atoms with E-state index in [4.69, 9.17) is 4.74 Å². The Bertz CT molecular complexity index is 1220. The molecule has 1 aliphatic heterocycles. The Kier molecular flexibility index (Phi) is 6.94. The van der Waals surface area contributed by atoms with E-state index in [1.165, 1.54) is 4.90 Å². The van der Waals surface area contributed by atoms with E-state index in [0.717, 1.165) is 60.4 Å². The van der Waals surface area contributed by atoms with E-state index in [0.29, 0.717) is 0 Å². The molecule has 178 valence electrons. The van der Waals surface area contributed by atoms with Crippen LogP contribution in [0.15, 0.2) is 103 Å². The maximum atomic E-state index is 14.6. The molecule has 0 saturated carbocycles. The number of fused-ring (bicyclic) bond motifs is 1. The quantitative estimate of drug-likeness (QED) is 0.427. The van der Waals surface area contributed by atoms with Crippen LogP contribution in [0.25, 0.3) is 10.8 Å². The van der Waals surface area contributed by atoms with Crippen molar-refractivity contribution in [3.05, 3.63) is 114 Å². The van der Waals surface area contributed by atoms with Gasteiger partial charge in [0.05, 0.1) is 19.8 Å². The summed E-state index contributed by atoms with van der Waals surface area (Å²) in [7, 11) is 0. The number of amides is 1. The lowest BCUT2D eigenvalue weighted by Crippen LogP contribution is -3.15. The van der Waals surface area contributed by atoms with Gasteiger partial charge in [0.2, 0.25) is 5.91 Å². The van der Waals surface area contributed by atoms with Crippen molar-refractivity contribution < 1.29 is 14.4 Å². The number of hydrogen-bond donors (Lipinski definition) is 2. The van der Waals surface area contributed by atoms with Crippen LogP contribution in [0.4, 0.5) is 5.69 Å². The highest BCUT2D eigenvalue weighted by Crippen LogP contribution is 2.41. The Balaban J connectivity index is 1.63. The number of anilines is 1. The summed E-state index contributed by atoms with van der Waals surface area (Å²) in [5.74, 6) is 0.0572. The van der Waals surface area contributed by atoms with E-state index < -0.39 is 5.41 Å². The largest absolute Gasteiger partial charge is 0.370 e. The van der Waals surface area contributed by atoms with Crippen molar-refractivity contribution in [2.75, 3.05) is 38.2 Å². The van der Waals surface area contributed by atoms with Gasteiger partial charge in [-0.1, -0.05) is 104 Å². The molecule has 1 amide bonds. The molecule has 4 nitrogen and oxygen atoms in total. The van der Waals surface area contributed by atoms with Crippen molar-refractivity contribution in [3.8, 4) is 0 Å². The molecule has 2 N–H and O–H groups in total. The van der Waals surface area contributed by atoms with Crippen LogP contribution in [-0.4, -0.2) is 38.8 Å². The Hall–Kier alpha value is -3.47. The van der Waals surface area contributed by atoms with Gasteiger partial charge in [0.15, 0.2) is 0 Å². The standard InChI is InChI=1S/C31H32N2O2/c1-24(23-33-19-21-35-22-20-33)31(26-13-4-2-5-14-26,27-15-6-3-7-16-27)30(34)32-29-18-10-12-25-11-8-9-17-28(25)29/h2-18,24H,19-23H2,1H3,(H,32,34)/p+1/t24-/m1/s1. The molecule has 0 spiro atoms. The Morgan fingerprint density at radius 3 is 2.06 bits per heavy atom. The molecule has 0 aromatic heterocycles. The fourth-order valence-electron chi connectivity index (χ4n) is 5.63. The Morgan fingerprint density at radius 1 is 0.829 bits per heavy atom. The topological polar surface area (TPSA) is 42.8 Å². The van der Waals surface area contributed by atoms with Crippen LogP contribution in [0.1, 0.15) is 18.1 Å². The molecule has 1 heterocycles. The van der Waals surface area contributed by atoms with Crippen molar-refractivity contribution >= 4 is 22.4 Å². The van der Waals surface area contributed by atoms with Crippen LogP contribution in [0.5, 0.6) is 0 Å². The van der Waals surface area contributed by atoms with Crippen molar-refractivity contribution in [1.29, 1.82) is 0 Å². The van der Waals surface area contributed by atoms with Crippen molar-refractivity contribution in [2.45, 2.75) is 12.3 Å². The van der Waals surface area contributed by atoms with Gasteiger partial charge in [-0.2, -0.15) is 0 Å². The van der Waals surface area contributed by atoms with Crippen molar-refractivity contribution in [2.24, 2.45) is 5.92 Å². The summed E-state index contributed by atoms with van der Waals surface area (Å²) in [6.45, 7) is 6.59. The summed E-state index contributed by atoms with van der Waals surface area (Å²) in [5, 5.41) is 5.53. The van der Waals surface area contributed by atoms with E-state index in [2.05, 4.69) is 54.7 Å². The fourth-order valence-corrected chi connectivity index (χ4v) is 5.63. The predicted molar refractivity (Wildman–Crippen MR) is 142 cm³/mol. The lowest BCUT2D eigenvalue weighted by Gasteiger charge is -2.40. The van der Waals surface area contributed by atoms with Gasteiger partial charge in [0.1, 0.15) is 18.5 Å². The fraction of sp³-hybridized carbons (Fsp3) is 0.258. The van der Waals surface area contributed by atoms with Gasteiger partial charge in [-0.25, -0.2) is 0 Å². The first-order chi connectivity index (χ1) is 17.2. The van der Waals surface area contributed by atoms with Gasteiger partial charge >= 0.3 is 0 Å². The highest BCUT2D eigenvalue weighted by atomic mass is 16.5. The molecule has 5 rings (SSSR count). The average molecular weight is 466 g/mol. The minimum absolute atomic E-state index is 0.00594. The van der Waals surface area contributed by atoms with Gasteiger partial charge in [-0.05, 0) is 22.6 Å². The van der Waals surface area contributed by atoms with Crippen LogP contribution in [0, 0.1) is 5.92 Å². The van der Waals surface area contributed by atoms with E-state index in [9.17, 15) is 4.79 Å². The third-order valence-electron chi connectivity index (χ3n) is 7.39. The van der Waals surface area contributed by atoms with Gasteiger partial charge in [0.25, 0.3) is 0 Å². The zero-order valence-electron chi connectivity index (χ0n) is 20.2. The average Bonchev–Trinajstić information content (AvgIpc) is 2.91. The molecular formula is C31H33N2O2+. The predicted octanol–water partition coefficient (Wildman–Crippen LogP) is 4.32. The molecule has 1 aliphatic rings. The molecule has 0 bridgehead atoms. The summed E-state index contributed by atoms with van der Waals surface area (Å²) in [6.07, 6.45) is 0. The monoisotopic (exact) mass is 465 g/mol. The number of ether oxygens (including phenoxy) is 1. The van der Waals surface area contributed by atoms with E-state index in [1.807, 2.05) is 60.7 Å². The number of nitrogens with one attached hydrogen (secondary N) is 2. The SMILES string of the molecule is C[C@H](C[NH+]1CCOCC1)C(C(=O)Nc1cccc2ccccc12)(c1ccccc1)c1ccccc1. The van der Waals surface area contributed by atoms with E-state index in [-0.39, 0.29) is 11.8 Å². The van der Waals surface area contributed by atoms with Crippen LogP contribution in [0.3, 0.4) is 0 Å². The molecule has 0 aliphatic carbocycles. The van der Waals surface area contributed by atoms with Crippen molar-refractivity contribution in [1.82, 2.24) is 0 Å². The molecule has 35 heavy (non-hydrogen) atoms.